The summed E-state index contributed by atoms with van der Waals surface area (Å²) in [6.07, 6.45) is 8.49. The second-order valence-corrected chi connectivity index (χ2v) is 7.18. The molecule has 118 valence electrons. The fourth-order valence-corrected chi connectivity index (χ4v) is 2.94. The molecule has 1 aromatic rings. The molecular formula is C19H31NO. The van der Waals surface area contributed by atoms with Crippen LogP contribution in [0.3, 0.4) is 0 Å². The second-order valence-electron chi connectivity index (χ2n) is 7.18. The maximum absolute atomic E-state index is 6.19. The lowest BCUT2D eigenvalue weighted by Crippen LogP contribution is -2.34. The van der Waals surface area contributed by atoms with Gasteiger partial charge in [-0.2, -0.15) is 0 Å². The van der Waals surface area contributed by atoms with E-state index in [-0.39, 0.29) is 5.41 Å². The Morgan fingerprint density at radius 3 is 2.38 bits per heavy atom. The molecule has 0 atom stereocenters. The van der Waals surface area contributed by atoms with Gasteiger partial charge in [-0.3, -0.25) is 0 Å². The minimum atomic E-state index is 0.196. The lowest BCUT2D eigenvalue weighted by Gasteiger charge is -2.28. The smallest absolute Gasteiger partial charge is 0.0575 e. The largest absolute Gasteiger partial charge is 0.378 e. The van der Waals surface area contributed by atoms with E-state index >= 15 is 0 Å². The zero-order valence-corrected chi connectivity index (χ0v) is 13.7. The Hall–Kier alpha value is -0.860. The second kappa shape index (κ2) is 8.55. The molecule has 2 heteroatoms. The molecule has 0 spiro atoms. The van der Waals surface area contributed by atoms with Gasteiger partial charge in [-0.25, -0.2) is 0 Å². The molecule has 1 aliphatic rings. The monoisotopic (exact) mass is 289 g/mol. The third-order valence-corrected chi connectivity index (χ3v) is 4.29. The first-order chi connectivity index (χ1) is 10.2. The molecule has 2 nitrogen and oxygen atoms in total. The number of hydrogen-bond donors (Lipinski definition) is 1. The van der Waals surface area contributed by atoms with Crippen molar-refractivity contribution in [2.24, 2.45) is 5.41 Å². The Morgan fingerprint density at radius 1 is 1.05 bits per heavy atom. The van der Waals surface area contributed by atoms with E-state index < -0.39 is 0 Å². The van der Waals surface area contributed by atoms with Crippen LogP contribution in [0.4, 0.5) is 0 Å². The summed E-state index contributed by atoms with van der Waals surface area (Å²) in [5.74, 6) is 0. The Bertz CT molecular complexity index is 380. The Balaban J connectivity index is 1.66. The van der Waals surface area contributed by atoms with E-state index in [1.54, 1.807) is 0 Å². The number of nitrogens with one attached hydrogen (secondary N) is 1. The topological polar surface area (TPSA) is 21.3 Å². The molecular weight excluding hydrogens is 258 g/mol. The van der Waals surface area contributed by atoms with Crippen LogP contribution in [0.5, 0.6) is 0 Å². The summed E-state index contributed by atoms with van der Waals surface area (Å²) >= 11 is 0. The van der Waals surface area contributed by atoms with Crippen LogP contribution in [0.15, 0.2) is 30.3 Å². The molecule has 0 aliphatic heterocycles. The first kappa shape index (κ1) is 16.5. The van der Waals surface area contributed by atoms with Crippen LogP contribution < -0.4 is 5.32 Å². The first-order valence-corrected chi connectivity index (χ1v) is 8.52. The fraction of sp³-hybridized carbons (Fsp3) is 0.684. The van der Waals surface area contributed by atoms with E-state index in [1.165, 1.54) is 44.1 Å². The summed E-state index contributed by atoms with van der Waals surface area (Å²) in [4.78, 5) is 0. The van der Waals surface area contributed by atoms with Crippen molar-refractivity contribution in [2.75, 3.05) is 13.2 Å². The summed E-state index contributed by atoms with van der Waals surface area (Å²) in [6, 6.07) is 10.6. The van der Waals surface area contributed by atoms with E-state index in [0.717, 1.165) is 19.7 Å². The van der Waals surface area contributed by atoms with Gasteiger partial charge in [0.2, 0.25) is 0 Å². The van der Waals surface area contributed by atoms with Crippen molar-refractivity contribution in [3.63, 3.8) is 0 Å². The van der Waals surface area contributed by atoms with Gasteiger partial charge in [0.05, 0.1) is 12.7 Å². The highest BCUT2D eigenvalue weighted by Crippen LogP contribution is 2.23. The van der Waals surface area contributed by atoms with Crippen molar-refractivity contribution >= 4 is 0 Å². The predicted molar refractivity (Wildman–Crippen MR) is 89.4 cm³/mol. The molecule has 0 aromatic heterocycles. The minimum Gasteiger partial charge on any atom is -0.378 e. The van der Waals surface area contributed by atoms with Crippen molar-refractivity contribution in [2.45, 2.75) is 65.0 Å². The molecule has 0 amide bonds. The van der Waals surface area contributed by atoms with Crippen molar-refractivity contribution < 1.29 is 4.74 Å². The van der Waals surface area contributed by atoms with Gasteiger partial charge in [0, 0.05) is 18.5 Å². The van der Waals surface area contributed by atoms with Crippen molar-refractivity contribution in [3.05, 3.63) is 35.9 Å². The molecule has 0 unspecified atom stereocenters. The highest BCUT2D eigenvalue weighted by Gasteiger charge is 2.21. The fourth-order valence-electron chi connectivity index (χ4n) is 2.94. The van der Waals surface area contributed by atoms with Gasteiger partial charge in [-0.05, 0) is 18.4 Å². The summed E-state index contributed by atoms with van der Waals surface area (Å²) in [5, 5.41) is 3.56. The third kappa shape index (κ3) is 6.62. The molecule has 0 bridgehead atoms. The lowest BCUT2D eigenvalue weighted by atomic mass is 9.94. The summed E-state index contributed by atoms with van der Waals surface area (Å²) in [6.45, 7) is 7.38. The van der Waals surface area contributed by atoms with Crippen LogP contribution in [0.2, 0.25) is 0 Å². The third-order valence-electron chi connectivity index (χ3n) is 4.29. The quantitative estimate of drug-likeness (QED) is 0.744. The van der Waals surface area contributed by atoms with Crippen molar-refractivity contribution in [1.29, 1.82) is 0 Å². The maximum Gasteiger partial charge on any atom is 0.0575 e. The van der Waals surface area contributed by atoms with E-state index in [9.17, 15) is 0 Å². The SMILES string of the molecule is CC(C)(CNCc1ccccc1)COC1CCCCCC1. The number of benzene rings is 1. The number of hydrogen-bond acceptors (Lipinski definition) is 2. The normalized spacial score (nSPS) is 17.6. The van der Waals surface area contributed by atoms with E-state index in [1.807, 2.05) is 0 Å². The van der Waals surface area contributed by atoms with E-state index in [2.05, 4.69) is 49.5 Å². The maximum atomic E-state index is 6.19. The molecule has 0 heterocycles. The number of rotatable bonds is 7. The first-order valence-electron chi connectivity index (χ1n) is 8.52. The average molecular weight is 289 g/mol. The van der Waals surface area contributed by atoms with E-state index in [4.69, 9.17) is 4.74 Å². The average Bonchev–Trinajstić information content (AvgIpc) is 2.75. The van der Waals surface area contributed by atoms with Gasteiger partial charge in [0.15, 0.2) is 0 Å². The molecule has 1 saturated carbocycles. The zero-order chi connectivity index (χ0) is 15.0. The predicted octanol–water partition coefficient (Wildman–Crippen LogP) is 4.54. The Labute approximate surface area is 130 Å². The Kier molecular flexibility index (Phi) is 6.72. The summed E-state index contributed by atoms with van der Waals surface area (Å²) in [5.41, 5.74) is 1.54. The Morgan fingerprint density at radius 2 is 1.71 bits per heavy atom. The summed E-state index contributed by atoms with van der Waals surface area (Å²) in [7, 11) is 0. The molecule has 1 N–H and O–H groups in total. The molecule has 0 saturated heterocycles. The van der Waals surface area contributed by atoms with Crippen molar-refractivity contribution in [1.82, 2.24) is 5.32 Å². The van der Waals surface area contributed by atoms with Crippen LogP contribution in [0.25, 0.3) is 0 Å². The lowest BCUT2D eigenvalue weighted by molar-refractivity contribution is -0.00410. The molecule has 2 rings (SSSR count). The van der Waals surface area contributed by atoms with Gasteiger partial charge >= 0.3 is 0 Å². The standard InChI is InChI=1S/C19H31NO/c1-19(2,15-20-14-17-10-6-5-7-11-17)16-21-18-12-8-3-4-9-13-18/h5-7,10-11,18,20H,3-4,8-9,12-16H2,1-2H3. The van der Waals surface area contributed by atoms with Crippen molar-refractivity contribution in [3.8, 4) is 0 Å². The molecule has 1 aromatic carbocycles. The van der Waals surface area contributed by atoms with Crippen LogP contribution in [0, 0.1) is 5.41 Å². The zero-order valence-electron chi connectivity index (χ0n) is 13.7. The van der Waals surface area contributed by atoms with Gasteiger partial charge < -0.3 is 10.1 Å². The van der Waals surface area contributed by atoms with Crippen LogP contribution in [-0.2, 0) is 11.3 Å². The van der Waals surface area contributed by atoms with Crippen LogP contribution >= 0.6 is 0 Å². The van der Waals surface area contributed by atoms with E-state index in [0.29, 0.717) is 6.10 Å². The van der Waals surface area contributed by atoms with Crippen LogP contribution in [-0.4, -0.2) is 19.3 Å². The van der Waals surface area contributed by atoms with Crippen LogP contribution in [0.1, 0.15) is 57.9 Å². The van der Waals surface area contributed by atoms with Gasteiger partial charge in [-0.1, -0.05) is 69.9 Å². The highest BCUT2D eigenvalue weighted by molar-refractivity contribution is 5.14. The van der Waals surface area contributed by atoms with Gasteiger partial charge in [0.1, 0.15) is 0 Å². The summed E-state index contributed by atoms with van der Waals surface area (Å²) < 4.78 is 6.19. The highest BCUT2D eigenvalue weighted by atomic mass is 16.5. The molecule has 1 fully saturated rings. The van der Waals surface area contributed by atoms with Gasteiger partial charge in [-0.15, -0.1) is 0 Å². The van der Waals surface area contributed by atoms with Gasteiger partial charge in [0.25, 0.3) is 0 Å². The number of ether oxygens (including phenoxy) is 1. The molecule has 0 radical (unpaired) electrons. The minimum absolute atomic E-state index is 0.196. The molecule has 21 heavy (non-hydrogen) atoms. The molecule has 1 aliphatic carbocycles.